The van der Waals surface area contributed by atoms with E-state index in [1.165, 1.54) is 11.9 Å². The SMILES string of the molecule is Cc1ccc(N2CCC(NCCC3CCCCN3S(C)(=O)=O)CC2)cc1Cl. The third-order valence-corrected chi connectivity index (χ3v) is 7.67. The molecule has 0 bridgehead atoms. The second-order valence-corrected chi connectivity index (χ2v) is 10.3. The first-order valence-corrected chi connectivity index (χ1v) is 12.3. The fourth-order valence-corrected chi connectivity index (χ4v) is 5.66. The van der Waals surface area contributed by atoms with Crippen LogP contribution in [0.4, 0.5) is 5.69 Å². The maximum atomic E-state index is 12.0. The number of piperidine rings is 2. The Hall–Kier alpha value is -0.820. The van der Waals surface area contributed by atoms with Crippen molar-refractivity contribution in [1.29, 1.82) is 0 Å². The molecule has 1 unspecified atom stereocenters. The van der Waals surface area contributed by atoms with E-state index in [1.54, 1.807) is 4.31 Å². The highest BCUT2D eigenvalue weighted by atomic mass is 35.5. The van der Waals surface area contributed by atoms with Crippen molar-refractivity contribution in [2.24, 2.45) is 0 Å². The number of anilines is 1. The summed E-state index contributed by atoms with van der Waals surface area (Å²) in [6.07, 6.45) is 7.55. The number of halogens is 1. The molecule has 2 fully saturated rings. The first-order chi connectivity index (χ1) is 12.8. The lowest BCUT2D eigenvalue weighted by Crippen LogP contribution is -2.46. The van der Waals surface area contributed by atoms with Gasteiger partial charge in [-0.1, -0.05) is 24.1 Å². The molecule has 1 N–H and O–H groups in total. The van der Waals surface area contributed by atoms with Gasteiger partial charge < -0.3 is 10.2 Å². The molecular formula is C20H32ClN3O2S. The molecule has 0 saturated carbocycles. The molecule has 7 heteroatoms. The van der Waals surface area contributed by atoms with Crippen molar-refractivity contribution in [2.75, 3.05) is 37.3 Å². The van der Waals surface area contributed by atoms with Crippen LogP contribution in [0.2, 0.25) is 5.02 Å². The minimum absolute atomic E-state index is 0.163. The van der Waals surface area contributed by atoms with Gasteiger partial charge in [0.2, 0.25) is 10.0 Å². The molecule has 0 aliphatic carbocycles. The Bertz CT molecular complexity index is 733. The molecule has 1 aromatic rings. The number of sulfonamides is 1. The van der Waals surface area contributed by atoms with E-state index in [-0.39, 0.29) is 6.04 Å². The van der Waals surface area contributed by atoms with E-state index in [0.29, 0.717) is 12.6 Å². The second kappa shape index (κ2) is 9.12. The summed E-state index contributed by atoms with van der Waals surface area (Å²) in [5.41, 5.74) is 2.32. The molecule has 1 atom stereocenters. The monoisotopic (exact) mass is 413 g/mol. The predicted octanol–water partition coefficient (Wildman–Crippen LogP) is 3.41. The minimum atomic E-state index is -3.09. The van der Waals surface area contributed by atoms with E-state index in [0.717, 1.165) is 68.7 Å². The van der Waals surface area contributed by atoms with E-state index in [1.807, 2.05) is 6.92 Å². The Labute approximate surface area is 169 Å². The van der Waals surface area contributed by atoms with E-state index < -0.39 is 10.0 Å². The first-order valence-electron chi connectivity index (χ1n) is 10.1. The fraction of sp³-hybridized carbons (Fsp3) is 0.700. The van der Waals surface area contributed by atoms with Crippen molar-refractivity contribution in [3.05, 3.63) is 28.8 Å². The van der Waals surface area contributed by atoms with Gasteiger partial charge in [-0.15, -0.1) is 0 Å². The summed E-state index contributed by atoms with van der Waals surface area (Å²) in [6.45, 7) is 5.64. The van der Waals surface area contributed by atoms with Crippen molar-refractivity contribution in [3.8, 4) is 0 Å². The summed E-state index contributed by atoms with van der Waals surface area (Å²) in [5.74, 6) is 0. The van der Waals surface area contributed by atoms with Crippen LogP contribution < -0.4 is 10.2 Å². The van der Waals surface area contributed by atoms with Crippen molar-refractivity contribution in [3.63, 3.8) is 0 Å². The van der Waals surface area contributed by atoms with Gasteiger partial charge in [0.15, 0.2) is 0 Å². The molecule has 5 nitrogen and oxygen atoms in total. The lowest BCUT2D eigenvalue weighted by Gasteiger charge is -2.36. The Morgan fingerprint density at radius 3 is 2.56 bits per heavy atom. The molecule has 2 heterocycles. The Kier molecular flexibility index (Phi) is 7.06. The van der Waals surface area contributed by atoms with Gasteiger partial charge >= 0.3 is 0 Å². The average molecular weight is 414 g/mol. The number of nitrogens with one attached hydrogen (secondary N) is 1. The van der Waals surface area contributed by atoms with Gasteiger partial charge in [0.1, 0.15) is 0 Å². The predicted molar refractivity (Wildman–Crippen MR) is 113 cm³/mol. The molecule has 2 aliphatic heterocycles. The molecule has 0 aromatic heterocycles. The van der Waals surface area contributed by atoms with E-state index in [4.69, 9.17) is 11.6 Å². The van der Waals surface area contributed by atoms with Crippen LogP contribution in [-0.2, 0) is 10.0 Å². The molecule has 2 aliphatic rings. The van der Waals surface area contributed by atoms with Crippen LogP contribution in [0, 0.1) is 6.92 Å². The number of hydrogen-bond acceptors (Lipinski definition) is 4. The lowest BCUT2D eigenvalue weighted by atomic mass is 10.0. The summed E-state index contributed by atoms with van der Waals surface area (Å²) in [4.78, 5) is 2.40. The maximum Gasteiger partial charge on any atom is 0.211 e. The van der Waals surface area contributed by atoms with Crippen LogP contribution >= 0.6 is 11.6 Å². The van der Waals surface area contributed by atoms with E-state index in [2.05, 4.69) is 28.4 Å². The molecule has 2 saturated heterocycles. The maximum absolute atomic E-state index is 12.0. The van der Waals surface area contributed by atoms with Gasteiger partial charge in [0, 0.05) is 42.4 Å². The van der Waals surface area contributed by atoms with Crippen LogP contribution in [0.3, 0.4) is 0 Å². The van der Waals surface area contributed by atoms with E-state index >= 15 is 0 Å². The highest BCUT2D eigenvalue weighted by molar-refractivity contribution is 7.88. The molecule has 3 rings (SSSR count). The average Bonchev–Trinajstić information content (AvgIpc) is 2.64. The number of hydrogen-bond donors (Lipinski definition) is 1. The Morgan fingerprint density at radius 1 is 1.15 bits per heavy atom. The van der Waals surface area contributed by atoms with Crippen molar-refractivity contribution < 1.29 is 8.42 Å². The zero-order chi connectivity index (χ0) is 19.4. The second-order valence-electron chi connectivity index (χ2n) is 7.96. The third kappa shape index (κ3) is 5.59. The summed E-state index contributed by atoms with van der Waals surface area (Å²) in [6, 6.07) is 6.97. The molecule has 27 heavy (non-hydrogen) atoms. The largest absolute Gasteiger partial charge is 0.371 e. The summed E-state index contributed by atoms with van der Waals surface area (Å²) in [5, 5.41) is 4.49. The molecule has 0 spiro atoms. The van der Waals surface area contributed by atoms with Crippen LogP contribution in [0.15, 0.2) is 18.2 Å². The summed E-state index contributed by atoms with van der Waals surface area (Å²) < 4.78 is 25.6. The zero-order valence-electron chi connectivity index (χ0n) is 16.5. The number of nitrogens with zero attached hydrogens (tertiary/aromatic N) is 2. The molecule has 152 valence electrons. The van der Waals surface area contributed by atoms with Crippen LogP contribution in [0.1, 0.15) is 44.1 Å². The van der Waals surface area contributed by atoms with E-state index in [9.17, 15) is 8.42 Å². The smallest absolute Gasteiger partial charge is 0.211 e. The minimum Gasteiger partial charge on any atom is -0.371 e. The molecular weight excluding hydrogens is 382 g/mol. The topological polar surface area (TPSA) is 52.6 Å². The highest BCUT2D eigenvalue weighted by Gasteiger charge is 2.29. The van der Waals surface area contributed by atoms with Gasteiger partial charge in [0.25, 0.3) is 0 Å². The first kappa shape index (κ1) is 20.9. The Balaban J connectivity index is 1.43. The van der Waals surface area contributed by atoms with Gasteiger partial charge in [-0.05, 0) is 63.3 Å². The number of aryl methyl sites for hydroxylation is 1. The van der Waals surface area contributed by atoms with Crippen molar-refractivity contribution in [2.45, 2.75) is 57.5 Å². The quantitative estimate of drug-likeness (QED) is 0.776. The van der Waals surface area contributed by atoms with Crippen molar-refractivity contribution in [1.82, 2.24) is 9.62 Å². The van der Waals surface area contributed by atoms with Gasteiger partial charge in [-0.25, -0.2) is 8.42 Å². The van der Waals surface area contributed by atoms with Crippen LogP contribution in [0.5, 0.6) is 0 Å². The third-order valence-electron chi connectivity index (χ3n) is 5.93. The summed E-state index contributed by atoms with van der Waals surface area (Å²) in [7, 11) is -3.09. The van der Waals surface area contributed by atoms with Gasteiger partial charge in [0.05, 0.1) is 6.26 Å². The van der Waals surface area contributed by atoms with Crippen LogP contribution in [-0.4, -0.2) is 57.2 Å². The number of rotatable bonds is 6. The normalized spacial score (nSPS) is 22.9. The molecule has 0 amide bonds. The molecule has 1 aromatic carbocycles. The highest BCUT2D eigenvalue weighted by Crippen LogP contribution is 2.26. The standard InChI is InChI=1S/C20H32ClN3O2S/c1-16-6-7-19(15-20(16)21)23-13-9-17(10-14-23)22-11-8-18-5-3-4-12-24(18)27(2,25)26/h6-7,15,17-18,22H,3-5,8-14H2,1-2H3. The van der Waals surface area contributed by atoms with Gasteiger partial charge in [-0.2, -0.15) is 4.31 Å². The van der Waals surface area contributed by atoms with Crippen LogP contribution in [0.25, 0.3) is 0 Å². The Morgan fingerprint density at radius 2 is 1.89 bits per heavy atom. The van der Waals surface area contributed by atoms with Crippen molar-refractivity contribution >= 4 is 27.3 Å². The summed E-state index contributed by atoms with van der Waals surface area (Å²) >= 11 is 6.26. The van der Waals surface area contributed by atoms with Gasteiger partial charge in [-0.3, -0.25) is 0 Å². The number of benzene rings is 1. The lowest BCUT2D eigenvalue weighted by molar-refractivity contribution is 0.237. The fourth-order valence-electron chi connectivity index (χ4n) is 4.27. The zero-order valence-corrected chi connectivity index (χ0v) is 18.0. The molecule has 0 radical (unpaired) electrons.